The second-order valence-corrected chi connectivity index (χ2v) is 13.6. The van der Waals surface area contributed by atoms with Crippen molar-refractivity contribution < 1.29 is 22.1 Å². The van der Waals surface area contributed by atoms with Crippen LogP contribution in [-0.4, -0.2) is 42.9 Å². The van der Waals surface area contributed by atoms with Crippen molar-refractivity contribution in [3.8, 4) is 5.75 Å². The van der Waals surface area contributed by atoms with Crippen molar-refractivity contribution in [3.05, 3.63) is 29.3 Å². The van der Waals surface area contributed by atoms with E-state index in [9.17, 15) is 0 Å². The first-order chi connectivity index (χ1) is 13.5. The second-order valence-electron chi connectivity index (χ2n) is 7.13. The van der Waals surface area contributed by atoms with Gasteiger partial charge in [0.25, 0.3) is 0 Å². The summed E-state index contributed by atoms with van der Waals surface area (Å²) >= 11 is 4.31. The van der Waals surface area contributed by atoms with Gasteiger partial charge in [-0.1, -0.05) is 6.07 Å². The average Bonchev–Trinajstić information content (AvgIpc) is 2.67. The van der Waals surface area contributed by atoms with Gasteiger partial charge in [-0.05, 0) is 70.0 Å². The highest BCUT2D eigenvalue weighted by molar-refractivity contribution is 7.80. The first-order valence-electron chi connectivity index (χ1n) is 10.5. The van der Waals surface area contributed by atoms with Crippen LogP contribution in [0.5, 0.6) is 5.75 Å². The molecule has 0 fully saturated rings. The highest BCUT2D eigenvalue weighted by atomic mass is 32.1. The SMILES string of the molecule is CCO[Si](CCCc1ccc2c(c1)CO[Si](C)(CCCS)O2)(OCC)OCC. The predicted octanol–water partition coefficient (Wildman–Crippen LogP) is 4.97. The molecular weight excluding hydrogens is 408 g/mol. The van der Waals surface area contributed by atoms with E-state index in [0.717, 1.165) is 48.4 Å². The fourth-order valence-corrected chi connectivity index (χ4v) is 8.84. The van der Waals surface area contributed by atoms with E-state index in [1.165, 1.54) is 5.56 Å². The van der Waals surface area contributed by atoms with Crippen molar-refractivity contribution in [2.24, 2.45) is 0 Å². The molecule has 0 bridgehead atoms. The van der Waals surface area contributed by atoms with Gasteiger partial charge in [0.1, 0.15) is 5.75 Å². The van der Waals surface area contributed by atoms with Gasteiger partial charge in [-0.3, -0.25) is 0 Å². The molecule has 0 amide bonds. The van der Waals surface area contributed by atoms with Crippen LogP contribution in [0.15, 0.2) is 18.2 Å². The number of rotatable bonds is 13. The molecule has 1 unspecified atom stereocenters. The first-order valence-corrected chi connectivity index (χ1v) is 15.6. The molecule has 160 valence electrons. The van der Waals surface area contributed by atoms with Crippen LogP contribution in [0.4, 0.5) is 0 Å². The van der Waals surface area contributed by atoms with Gasteiger partial charge in [0.15, 0.2) is 0 Å². The van der Waals surface area contributed by atoms with E-state index >= 15 is 0 Å². The standard InChI is InChI=1S/C20H36O5SSi2/c1-5-21-28(22-6-2,23-7-3)15-8-10-18-11-12-20-19(16-18)17-24-27(4,25-20)14-9-13-26/h11-12,16,26H,5-10,13-15,17H2,1-4H3. The maximum atomic E-state index is 6.26. The van der Waals surface area contributed by atoms with Crippen LogP contribution < -0.4 is 4.43 Å². The van der Waals surface area contributed by atoms with E-state index in [0.29, 0.717) is 26.4 Å². The third-order valence-corrected chi connectivity index (χ3v) is 11.0. The second kappa shape index (κ2) is 11.7. The lowest BCUT2D eigenvalue weighted by atomic mass is 10.1. The molecule has 0 spiro atoms. The van der Waals surface area contributed by atoms with E-state index in [1.54, 1.807) is 0 Å². The summed E-state index contributed by atoms with van der Waals surface area (Å²) in [5.41, 5.74) is 2.44. The van der Waals surface area contributed by atoms with Crippen LogP contribution in [0.3, 0.4) is 0 Å². The summed E-state index contributed by atoms with van der Waals surface area (Å²) < 4.78 is 30.2. The Labute approximate surface area is 178 Å². The molecule has 0 saturated heterocycles. The average molecular weight is 445 g/mol. The van der Waals surface area contributed by atoms with Crippen molar-refractivity contribution in [3.63, 3.8) is 0 Å². The van der Waals surface area contributed by atoms with E-state index in [2.05, 4.69) is 37.4 Å². The quantitative estimate of drug-likeness (QED) is 0.344. The molecule has 0 radical (unpaired) electrons. The van der Waals surface area contributed by atoms with Gasteiger partial charge in [0, 0.05) is 37.5 Å². The van der Waals surface area contributed by atoms with Crippen LogP contribution in [-0.2, 0) is 30.7 Å². The lowest BCUT2D eigenvalue weighted by Crippen LogP contribution is -2.46. The zero-order chi connectivity index (χ0) is 20.5. The lowest BCUT2D eigenvalue weighted by molar-refractivity contribution is 0.0708. The molecule has 1 aromatic carbocycles. The molecule has 8 heteroatoms. The van der Waals surface area contributed by atoms with Crippen molar-refractivity contribution in [1.82, 2.24) is 0 Å². The molecule has 1 atom stereocenters. The fraction of sp³-hybridized carbons (Fsp3) is 0.700. The third kappa shape index (κ3) is 6.86. The van der Waals surface area contributed by atoms with Crippen LogP contribution >= 0.6 is 12.6 Å². The molecule has 0 aromatic heterocycles. The molecule has 1 heterocycles. The van der Waals surface area contributed by atoms with Crippen LogP contribution in [0.1, 0.15) is 44.7 Å². The van der Waals surface area contributed by atoms with Crippen molar-refractivity contribution in [2.45, 2.75) is 65.3 Å². The Bertz CT molecular complexity index is 587. The highest BCUT2D eigenvalue weighted by Crippen LogP contribution is 2.33. The van der Waals surface area contributed by atoms with Crippen molar-refractivity contribution in [2.75, 3.05) is 25.6 Å². The Hall–Kier alpha value is -0.356. The summed E-state index contributed by atoms with van der Waals surface area (Å²) in [6.45, 7) is 10.6. The van der Waals surface area contributed by atoms with Gasteiger partial charge in [-0.25, -0.2) is 0 Å². The van der Waals surface area contributed by atoms with E-state index < -0.39 is 17.4 Å². The predicted molar refractivity (Wildman–Crippen MR) is 121 cm³/mol. The molecule has 0 aliphatic carbocycles. The molecule has 5 nitrogen and oxygen atoms in total. The molecule has 1 aliphatic heterocycles. The maximum absolute atomic E-state index is 6.26. The van der Waals surface area contributed by atoms with Crippen molar-refractivity contribution >= 4 is 30.0 Å². The zero-order valence-corrected chi connectivity index (χ0v) is 20.7. The van der Waals surface area contributed by atoms with Crippen LogP contribution in [0, 0.1) is 0 Å². The zero-order valence-electron chi connectivity index (χ0n) is 17.8. The topological polar surface area (TPSA) is 46.2 Å². The Morgan fingerprint density at radius 2 is 1.75 bits per heavy atom. The number of fused-ring (bicyclic) bond motifs is 1. The molecule has 2 rings (SSSR count). The molecule has 0 N–H and O–H groups in total. The number of thiol groups is 1. The Morgan fingerprint density at radius 3 is 2.36 bits per heavy atom. The smallest absolute Gasteiger partial charge is 0.500 e. The van der Waals surface area contributed by atoms with Crippen LogP contribution in [0.2, 0.25) is 18.6 Å². The molecule has 28 heavy (non-hydrogen) atoms. The van der Waals surface area contributed by atoms with Gasteiger partial charge >= 0.3 is 17.4 Å². The first kappa shape index (κ1) is 23.9. The van der Waals surface area contributed by atoms with Gasteiger partial charge < -0.3 is 22.1 Å². The monoisotopic (exact) mass is 444 g/mol. The van der Waals surface area contributed by atoms with Gasteiger partial charge in [0.05, 0.1) is 6.61 Å². The summed E-state index contributed by atoms with van der Waals surface area (Å²) in [5.74, 6) is 1.86. The van der Waals surface area contributed by atoms with Crippen molar-refractivity contribution in [1.29, 1.82) is 0 Å². The molecule has 1 aromatic rings. The summed E-state index contributed by atoms with van der Waals surface area (Å²) in [6.07, 6.45) is 2.97. The molecule has 0 saturated carbocycles. The Balaban J connectivity index is 1.95. The Kier molecular flexibility index (Phi) is 10.0. The van der Waals surface area contributed by atoms with Crippen LogP contribution in [0.25, 0.3) is 0 Å². The Morgan fingerprint density at radius 1 is 1.07 bits per heavy atom. The number of aryl methyl sites for hydroxylation is 1. The maximum Gasteiger partial charge on any atom is 0.500 e. The highest BCUT2D eigenvalue weighted by Gasteiger charge is 2.40. The summed E-state index contributed by atoms with van der Waals surface area (Å²) in [7, 11) is -4.66. The normalized spacial score (nSPS) is 19.3. The number of hydrogen-bond acceptors (Lipinski definition) is 6. The minimum atomic E-state index is -2.56. The third-order valence-electron chi connectivity index (χ3n) is 4.81. The minimum absolute atomic E-state index is 0.621. The number of hydrogen-bond donors (Lipinski definition) is 1. The van der Waals surface area contributed by atoms with Gasteiger partial charge in [0.2, 0.25) is 0 Å². The molecular formula is C20H36O5SSi2. The summed E-state index contributed by atoms with van der Waals surface area (Å²) in [6, 6.07) is 8.31. The van der Waals surface area contributed by atoms with E-state index in [-0.39, 0.29) is 0 Å². The molecule has 1 aliphatic rings. The van der Waals surface area contributed by atoms with Gasteiger partial charge in [-0.2, -0.15) is 12.6 Å². The fourth-order valence-electron chi connectivity index (χ4n) is 3.53. The summed E-state index contributed by atoms with van der Waals surface area (Å²) in [5, 5.41) is 0. The van der Waals surface area contributed by atoms with E-state index in [4.69, 9.17) is 22.1 Å². The summed E-state index contributed by atoms with van der Waals surface area (Å²) in [4.78, 5) is 0. The van der Waals surface area contributed by atoms with E-state index in [1.807, 2.05) is 20.8 Å². The largest absolute Gasteiger partial charge is 0.520 e. The minimum Gasteiger partial charge on any atom is -0.520 e. The lowest BCUT2D eigenvalue weighted by Gasteiger charge is -2.33. The number of benzene rings is 1. The van der Waals surface area contributed by atoms with Gasteiger partial charge in [-0.15, -0.1) is 0 Å².